The fourth-order valence-corrected chi connectivity index (χ4v) is 5.46. The molecule has 2 aliphatic rings. The van der Waals surface area contributed by atoms with E-state index >= 15 is 0 Å². The molecule has 198 valence electrons. The van der Waals surface area contributed by atoms with Gasteiger partial charge >= 0.3 is 0 Å². The van der Waals surface area contributed by atoms with Gasteiger partial charge in [-0.05, 0) is 28.8 Å². The van der Waals surface area contributed by atoms with E-state index in [0.717, 1.165) is 22.3 Å². The number of halogens is 1. The van der Waals surface area contributed by atoms with Gasteiger partial charge in [0.25, 0.3) is 6.01 Å². The van der Waals surface area contributed by atoms with Crippen LogP contribution in [0.3, 0.4) is 0 Å². The van der Waals surface area contributed by atoms with Gasteiger partial charge in [0, 0.05) is 27.8 Å². The molecule has 0 bridgehead atoms. The van der Waals surface area contributed by atoms with Crippen LogP contribution >= 0.6 is 11.6 Å². The Morgan fingerprint density at radius 2 is 1.82 bits per heavy atom. The predicted molar refractivity (Wildman–Crippen MR) is 146 cm³/mol. The SMILES string of the molecule is CS(C)(=O)=NCc1cccc(-c2ccc(-c3nc4[nH]c(O[C@@H]5COC6[C@H](O)CO[C@@H]65)nc4cc3Cl)cc2)c1. The fourth-order valence-electron chi connectivity index (χ4n) is 4.74. The molecule has 0 amide bonds. The Labute approximate surface area is 225 Å². The number of rotatable bonds is 6. The number of nitrogens with one attached hydrogen (secondary N) is 1. The second-order valence-corrected chi connectivity index (χ2v) is 12.8. The number of imidazole rings is 1. The number of fused-ring (bicyclic) bond motifs is 2. The van der Waals surface area contributed by atoms with Crippen LogP contribution in [0.2, 0.25) is 5.02 Å². The highest BCUT2D eigenvalue weighted by Crippen LogP contribution is 2.33. The van der Waals surface area contributed by atoms with Crippen molar-refractivity contribution in [3.8, 4) is 28.4 Å². The molecule has 6 rings (SSSR count). The number of aromatic nitrogens is 3. The van der Waals surface area contributed by atoms with Gasteiger partial charge in [-0.15, -0.1) is 0 Å². The zero-order chi connectivity index (χ0) is 26.4. The second-order valence-electron chi connectivity index (χ2n) is 9.79. The van der Waals surface area contributed by atoms with E-state index in [2.05, 4.69) is 20.4 Å². The minimum atomic E-state index is -2.15. The smallest absolute Gasteiger partial charge is 0.296 e. The molecule has 0 saturated carbocycles. The molecule has 2 aliphatic heterocycles. The van der Waals surface area contributed by atoms with Crippen molar-refractivity contribution < 1.29 is 23.5 Å². The van der Waals surface area contributed by atoms with Crippen molar-refractivity contribution in [2.24, 2.45) is 4.36 Å². The van der Waals surface area contributed by atoms with Crippen molar-refractivity contribution in [1.82, 2.24) is 15.0 Å². The van der Waals surface area contributed by atoms with Crippen LogP contribution in [0.1, 0.15) is 5.56 Å². The number of pyridine rings is 1. The third-order valence-corrected chi connectivity index (χ3v) is 7.66. The van der Waals surface area contributed by atoms with Crippen LogP contribution in [-0.2, 0) is 25.7 Å². The molecule has 0 radical (unpaired) electrons. The zero-order valence-electron chi connectivity index (χ0n) is 20.8. The van der Waals surface area contributed by atoms with Crippen LogP contribution in [0.4, 0.5) is 0 Å². The van der Waals surface area contributed by atoms with Gasteiger partial charge in [-0.3, -0.25) is 9.19 Å². The first-order chi connectivity index (χ1) is 18.2. The molecule has 2 aromatic heterocycles. The zero-order valence-corrected chi connectivity index (χ0v) is 22.4. The first kappa shape index (κ1) is 25.3. The van der Waals surface area contributed by atoms with E-state index in [9.17, 15) is 9.32 Å². The van der Waals surface area contributed by atoms with Crippen LogP contribution in [-0.4, -0.2) is 74.4 Å². The Kier molecular flexibility index (Phi) is 6.61. The number of hydrogen-bond acceptors (Lipinski definition) is 8. The van der Waals surface area contributed by atoms with Gasteiger partial charge in [-0.2, -0.15) is 4.98 Å². The lowest BCUT2D eigenvalue weighted by Gasteiger charge is -2.15. The number of benzene rings is 2. The number of nitrogens with zero attached hydrogens (tertiary/aromatic N) is 3. The maximum Gasteiger partial charge on any atom is 0.296 e. The highest BCUT2D eigenvalue weighted by molar-refractivity contribution is 7.92. The topological polar surface area (TPSA) is 119 Å². The molecular formula is C27H27ClN4O5S. The molecule has 2 aromatic carbocycles. The highest BCUT2D eigenvalue weighted by Gasteiger charge is 2.48. The number of aliphatic hydroxyl groups excluding tert-OH is 1. The number of aromatic amines is 1. The van der Waals surface area contributed by atoms with Gasteiger partial charge in [0.15, 0.2) is 11.8 Å². The summed E-state index contributed by atoms with van der Waals surface area (Å²) in [7, 11) is -2.15. The van der Waals surface area contributed by atoms with Gasteiger partial charge in [0.05, 0.1) is 30.5 Å². The van der Waals surface area contributed by atoms with Crippen molar-refractivity contribution in [3.05, 3.63) is 65.2 Å². The van der Waals surface area contributed by atoms with E-state index in [1.165, 1.54) is 0 Å². The molecule has 9 nitrogen and oxygen atoms in total. The van der Waals surface area contributed by atoms with Crippen LogP contribution in [0.25, 0.3) is 33.5 Å². The summed E-state index contributed by atoms with van der Waals surface area (Å²) in [6, 6.07) is 18.1. The Balaban J connectivity index is 1.22. The summed E-state index contributed by atoms with van der Waals surface area (Å²) in [5.74, 6) is 0. The highest BCUT2D eigenvalue weighted by atomic mass is 35.5. The number of aliphatic hydroxyl groups is 1. The third kappa shape index (κ3) is 5.14. The summed E-state index contributed by atoms with van der Waals surface area (Å²) in [6.45, 7) is 0.957. The standard InChI is InChI=1S/C27H27ClN4O5S/c1-38(2,34)29-12-15-4-3-5-18(10-15)16-6-8-17(9-7-16)23-19(28)11-20-26(31-23)32-27(30-20)37-22-14-36-24-21(33)13-35-25(22)24/h3-11,21-22,24-25,33H,12-14H2,1-2H3,(H,30,31,32)/t21-,22-,24?,25-/m1/s1. The van der Waals surface area contributed by atoms with Gasteiger partial charge in [0.2, 0.25) is 0 Å². The molecule has 0 spiro atoms. The van der Waals surface area contributed by atoms with Gasteiger partial charge < -0.3 is 19.3 Å². The monoisotopic (exact) mass is 554 g/mol. The molecule has 4 aromatic rings. The predicted octanol–water partition coefficient (Wildman–Crippen LogP) is 4.08. The van der Waals surface area contributed by atoms with Crippen LogP contribution < -0.4 is 4.74 Å². The molecule has 4 heterocycles. The molecule has 4 atom stereocenters. The quantitative estimate of drug-likeness (QED) is 0.368. The normalized spacial score (nSPS) is 23.1. The molecule has 2 fully saturated rings. The number of hydrogen-bond donors (Lipinski definition) is 2. The number of ether oxygens (including phenoxy) is 3. The van der Waals surface area contributed by atoms with Crippen LogP contribution in [0.5, 0.6) is 6.01 Å². The molecule has 38 heavy (non-hydrogen) atoms. The van der Waals surface area contributed by atoms with E-state index < -0.39 is 15.8 Å². The maximum absolute atomic E-state index is 11.9. The van der Waals surface area contributed by atoms with E-state index in [1.54, 1.807) is 18.6 Å². The summed E-state index contributed by atoms with van der Waals surface area (Å²) < 4.78 is 33.4. The maximum atomic E-state index is 11.9. The summed E-state index contributed by atoms with van der Waals surface area (Å²) in [5, 5.41) is 10.4. The first-order valence-electron chi connectivity index (χ1n) is 12.2. The largest absolute Gasteiger partial charge is 0.456 e. The van der Waals surface area contributed by atoms with Crippen molar-refractivity contribution in [1.29, 1.82) is 0 Å². The lowest BCUT2D eigenvalue weighted by molar-refractivity contribution is 0.00706. The van der Waals surface area contributed by atoms with Gasteiger partial charge in [-0.1, -0.05) is 54.1 Å². The minimum absolute atomic E-state index is 0.233. The van der Waals surface area contributed by atoms with E-state index in [1.807, 2.05) is 42.5 Å². The molecular weight excluding hydrogens is 528 g/mol. The minimum Gasteiger partial charge on any atom is -0.456 e. The third-order valence-electron chi connectivity index (χ3n) is 6.62. The average Bonchev–Trinajstić information content (AvgIpc) is 3.59. The van der Waals surface area contributed by atoms with E-state index in [-0.39, 0.29) is 24.9 Å². The Hall–Kier alpha value is -3.02. The van der Waals surface area contributed by atoms with E-state index in [4.69, 9.17) is 30.8 Å². The lowest BCUT2D eigenvalue weighted by atomic mass is 10.0. The van der Waals surface area contributed by atoms with Crippen molar-refractivity contribution in [2.75, 3.05) is 25.7 Å². The number of H-pyrrole nitrogens is 1. The van der Waals surface area contributed by atoms with Crippen molar-refractivity contribution in [2.45, 2.75) is 31.0 Å². The van der Waals surface area contributed by atoms with Crippen molar-refractivity contribution in [3.63, 3.8) is 0 Å². The average molecular weight is 555 g/mol. The Bertz CT molecular complexity index is 1610. The Morgan fingerprint density at radius 3 is 2.61 bits per heavy atom. The molecule has 2 N–H and O–H groups in total. The van der Waals surface area contributed by atoms with E-state index in [0.29, 0.717) is 41.0 Å². The summed E-state index contributed by atoms with van der Waals surface area (Å²) in [6.07, 6.45) is 1.54. The fraction of sp³-hybridized carbons (Fsp3) is 0.333. The van der Waals surface area contributed by atoms with Gasteiger partial charge in [0.1, 0.15) is 23.8 Å². The Morgan fingerprint density at radius 1 is 1.05 bits per heavy atom. The molecule has 2 saturated heterocycles. The molecule has 1 unspecified atom stereocenters. The lowest BCUT2D eigenvalue weighted by Crippen LogP contribution is -2.34. The van der Waals surface area contributed by atoms with Gasteiger partial charge in [-0.25, -0.2) is 9.35 Å². The summed E-state index contributed by atoms with van der Waals surface area (Å²) in [5.41, 5.74) is 5.71. The van der Waals surface area contributed by atoms with Crippen LogP contribution in [0.15, 0.2) is 59.0 Å². The molecule has 11 heteroatoms. The van der Waals surface area contributed by atoms with Crippen LogP contribution in [0, 0.1) is 0 Å². The second kappa shape index (κ2) is 9.94. The van der Waals surface area contributed by atoms with Crippen molar-refractivity contribution >= 4 is 32.5 Å². The summed E-state index contributed by atoms with van der Waals surface area (Å²) in [4.78, 5) is 12.3. The summed E-state index contributed by atoms with van der Waals surface area (Å²) >= 11 is 6.60. The molecule has 0 aliphatic carbocycles. The first-order valence-corrected chi connectivity index (χ1v) is 14.9.